The van der Waals surface area contributed by atoms with Gasteiger partial charge in [-0.2, -0.15) is 0 Å². The number of hydrogen-bond acceptors (Lipinski definition) is 4. The van der Waals surface area contributed by atoms with Gasteiger partial charge in [-0.3, -0.25) is 4.79 Å². The Morgan fingerprint density at radius 3 is 2.47 bits per heavy atom. The number of aryl methyl sites for hydroxylation is 1. The van der Waals surface area contributed by atoms with Crippen molar-refractivity contribution < 1.29 is 14.3 Å². The molecule has 0 bridgehead atoms. The van der Waals surface area contributed by atoms with E-state index in [9.17, 15) is 9.59 Å². The van der Waals surface area contributed by atoms with Gasteiger partial charge in [0.1, 0.15) is 5.69 Å². The van der Waals surface area contributed by atoms with E-state index in [1.165, 1.54) is 0 Å². The maximum atomic E-state index is 11.7. The monoisotopic (exact) mass is 238 g/mol. The fourth-order valence-electron chi connectivity index (χ4n) is 1.89. The van der Waals surface area contributed by atoms with Crippen molar-refractivity contribution in [1.82, 2.24) is 4.98 Å². The highest BCUT2D eigenvalue weighted by Crippen LogP contribution is 2.20. The summed E-state index contributed by atoms with van der Waals surface area (Å²) in [6.07, 6.45) is 0.583. The molecule has 0 amide bonds. The van der Waals surface area contributed by atoms with Crippen LogP contribution < -0.4 is 5.73 Å². The maximum Gasteiger partial charge on any atom is 0.355 e. The molecule has 0 saturated heterocycles. The molecule has 0 aliphatic heterocycles. The zero-order chi connectivity index (χ0) is 13.0. The van der Waals surface area contributed by atoms with Crippen LogP contribution in [0.2, 0.25) is 0 Å². The molecule has 17 heavy (non-hydrogen) atoms. The van der Waals surface area contributed by atoms with Gasteiger partial charge in [0.15, 0.2) is 5.78 Å². The van der Waals surface area contributed by atoms with Gasteiger partial charge in [0, 0.05) is 11.3 Å². The summed E-state index contributed by atoms with van der Waals surface area (Å²) in [4.78, 5) is 26.3. The number of carbonyl (C=O) groups excluding carboxylic acids is 2. The number of nitrogens with two attached hydrogens (primary N) is 1. The normalized spacial score (nSPS) is 10.4. The Morgan fingerprint density at radius 2 is 2.00 bits per heavy atom. The van der Waals surface area contributed by atoms with E-state index in [4.69, 9.17) is 10.5 Å². The molecule has 0 atom stereocenters. The van der Waals surface area contributed by atoms with Gasteiger partial charge in [-0.05, 0) is 25.8 Å². The quantitative estimate of drug-likeness (QED) is 0.596. The van der Waals surface area contributed by atoms with E-state index < -0.39 is 5.97 Å². The molecule has 0 unspecified atom stereocenters. The summed E-state index contributed by atoms with van der Waals surface area (Å²) >= 11 is 0. The molecule has 1 heterocycles. The number of H-pyrrole nitrogens is 1. The molecule has 0 aliphatic carbocycles. The van der Waals surface area contributed by atoms with Crippen LogP contribution in [0.4, 0.5) is 0 Å². The summed E-state index contributed by atoms with van der Waals surface area (Å²) in [6.45, 7) is 5.63. The molecule has 5 nitrogen and oxygen atoms in total. The minimum Gasteiger partial charge on any atom is -0.461 e. The molecule has 0 spiro atoms. The first kappa shape index (κ1) is 13.4. The van der Waals surface area contributed by atoms with Crippen LogP contribution in [0.15, 0.2) is 0 Å². The molecule has 0 aliphatic rings. The molecular formula is C12H18N2O3. The lowest BCUT2D eigenvalue weighted by molar-refractivity contribution is 0.0519. The number of aromatic amines is 1. The lowest BCUT2D eigenvalue weighted by atomic mass is 10.0. The predicted octanol–water partition coefficient (Wildman–Crippen LogP) is 1.20. The molecule has 3 N–H and O–H groups in total. The van der Waals surface area contributed by atoms with Gasteiger partial charge in [0.05, 0.1) is 13.2 Å². The van der Waals surface area contributed by atoms with E-state index in [0.717, 1.165) is 0 Å². The van der Waals surface area contributed by atoms with Crippen molar-refractivity contribution in [3.8, 4) is 0 Å². The van der Waals surface area contributed by atoms with Crippen molar-refractivity contribution >= 4 is 11.8 Å². The van der Waals surface area contributed by atoms with Crippen molar-refractivity contribution in [2.75, 3.05) is 13.2 Å². The second-order valence-electron chi connectivity index (χ2n) is 3.68. The molecule has 0 radical (unpaired) electrons. The van der Waals surface area contributed by atoms with E-state index in [0.29, 0.717) is 35.5 Å². The van der Waals surface area contributed by atoms with Gasteiger partial charge in [0.25, 0.3) is 0 Å². The summed E-state index contributed by atoms with van der Waals surface area (Å²) < 4.78 is 4.94. The highest BCUT2D eigenvalue weighted by atomic mass is 16.5. The lowest BCUT2D eigenvalue weighted by Gasteiger charge is -2.03. The minimum absolute atomic E-state index is 0.0615. The number of hydrogen-bond donors (Lipinski definition) is 2. The van der Waals surface area contributed by atoms with Gasteiger partial charge >= 0.3 is 5.97 Å². The first-order valence-electron chi connectivity index (χ1n) is 5.68. The molecule has 1 aromatic rings. The second-order valence-corrected chi connectivity index (χ2v) is 3.68. The number of Topliss-reactive ketones (excluding diaryl/α,β-unsaturated/α-hetero) is 1. The van der Waals surface area contributed by atoms with Gasteiger partial charge < -0.3 is 15.5 Å². The first-order chi connectivity index (χ1) is 8.06. The highest BCUT2D eigenvalue weighted by Gasteiger charge is 2.23. The molecule has 1 rings (SSSR count). The summed E-state index contributed by atoms with van der Waals surface area (Å²) in [7, 11) is 0. The van der Waals surface area contributed by atoms with Crippen molar-refractivity contribution in [3.63, 3.8) is 0 Å². The SMILES string of the molecule is CCOC(=O)c1[nH]c(C)c(C(=O)CN)c1CC. The van der Waals surface area contributed by atoms with Crippen LogP contribution in [0.5, 0.6) is 0 Å². The van der Waals surface area contributed by atoms with Crippen molar-refractivity contribution in [3.05, 3.63) is 22.5 Å². The third kappa shape index (κ3) is 2.55. The number of ketones is 1. The Balaban J connectivity index is 3.25. The topological polar surface area (TPSA) is 85.2 Å². The summed E-state index contributed by atoms with van der Waals surface area (Å²) in [6, 6.07) is 0. The summed E-state index contributed by atoms with van der Waals surface area (Å²) in [5, 5.41) is 0. The van der Waals surface area contributed by atoms with Crippen molar-refractivity contribution in [2.24, 2.45) is 5.73 Å². The Hall–Kier alpha value is -1.62. The molecule has 1 aromatic heterocycles. The molecule has 5 heteroatoms. The lowest BCUT2D eigenvalue weighted by Crippen LogP contribution is -2.16. The average molecular weight is 238 g/mol. The largest absolute Gasteiger partial charge is 0.461 e. The van der Waals surface area contributed by atoms with Crippen LogP contribution in [-0.4, -0.2) is 29.9 Å². The van der Waals surface area contributed by atoms with E-state index in [-0.39, 0.29) is 12.3 Å². The Bertz CT molecular complexity index is 435. The van der Waals surface area contributed by atoms with E-state index in [1.54, 1.807) is 13.8 Å². The number of carbonyl (C=O) groups is 2. The number of aromatic nitrogens is 1. The predicted molar refractivity (Wildman–Crippen MR) is 64.2 cm³/mol. The number of ether oxygens (including phenoxy) is 1. The second kappa shape index (κ2) is 5.63. The fourth-order valence-corrected chi connectivity index (χ4v) is 1.89. The van der Waals surface area contributed by atoms with Crippen LogP contribution in [0, 0.1) is 6.92 Å². The third-order valence-electron chi connectivity index (χ3n) is 2.59. The van der Waals surface area contributed by atoms with Crippen LogP contribution in [0.3, 0.4) is 0 Å². The molecule has 0 fully saturated rings. The number of esters is 1. The zero-order valence-corrected chi connectivity index (χ0v) is 10.4. The minimum atomic E-state index is -0.427. The molecular weight excluding hydrogens is 220 g/mol. The van der Waals surface area contributed by atoms with Crippen molar-refractivity contribution in [1.29, 1.82) is 0 Å². The van der Waals surface area contributed by atoms with Gasteiger partial charge in [-0.25, -0.2) is 4.79 Å². The molecule has 0 aromatic carbocycles. The van der Waals surface area contributed by atoms with Gasteiger partial charge in [-0.15, -0.1) is 0 Å². The highest BCUT2D eigenvalue weighted by molar-refractivity contribution is 6.03. The van der Waals surface area contributed by atoms with Crippen molar-refractivity contribution in [2.45, 2.75) is 27.2 Å². The van der Waals surface area contributed by atoms with Crippen LogP contribution >= 0.6 is 0 Å². The molecule has 0 saturated carbocycles. The third-order valence-corrected chi connectivity index (χ3v) is 2.59. The molecule has 94 valence electrons. The smallest absolute Gasteiger partial charge is 0.355 e. The number of nitrogens with one attached hydrogen (secondary N) is 1. The van der Waals surface area contributed by atoms with E-state index in [2.05, 4.69) is 4.98 Å². The standard InChI is InChI=1S/C12H18N2O3/c1-4-8-10(9(15)6-13)7(3)14-11(8)12(16)17-5-2/h14H,4-6,13H2,1-3H3. The van der Waals surface area contributed by atoms with Gasteiger partial charge in [0.2, 0.25) is 0 Å². The summed E-state index contributed by atoms with van der Waals surface area (Å²) in [5.74, 6) is -0.588. The van der Waals surface area contributed by atoms with Gasteiger partial charge in [-0.1, -0.05) is 6.92 Å². The Kier molecular flexibility index (Phi) is 4.45. The zero-order valence-electron chi connectivity index (χ0n) is 10.4. The average Bonchev–Trinajstić information content (AvgIpc) is 2.65. The van der Waals surface area contributed by atoms with E-state index >= 15 is 0 Å². The fraction of sp³-hybridized carbons (Fsp3) is 0.500. The van der Waals surface area contributed by atoms with Crippen LogP contribution in [0.25, 0.3) is 0 Å². The first-order valence-corrected chi connectivity index (χ1v) is 5.68. The summed E-state index contributed by atoms with van der Waals surface area (Å²) in [5.41, 5.74) is 7.61. The van der Waals surface area contributed by atoms with Crippen LogP contribution in [-0.2, 0) is 11.2 Å². The van der Waals surface area contributed by atoms with Crippen LogP contribution in [0.1, 0.15) is 46.0 Å². The Labute approximate surface area is 100 Å². The van der Waals surface area contributed by atoms with E-state index in [1.807, 2.05) is 6.92 Å². The maximum absolute atomic E-state index is 11.7. The number of rotatable bonds is 5. The Morgan fingerprint density at radius 1 is 1.35 bits per heavy atom.